The van der Waals surface area contributed by atoms with Gasteiger partial charge >= 0.3 is 6.18 Å². The number of nitrogens with one attached hydrogen (secondary N) is 1. The molecule has 0 aromatic heterocycles. The highest BCUT2D eigenvalue weighted by Gasteiger charge is 2.32. The van der Waals surface area contributed by atoms with E-state index in [1.165, 1.54) is 30.3 Å². The number of alkyl halides is 3. The highest BCUT2D eigenvalue weighted by Crippen LogP contribution is 2.31. The molecule has 3 aromatic carbocycles. The average Bonchev–Trinajstić information content (AvgIpc) is 2.78. The van der Waals surface area contributed by atoms with Crippen LogP contribution in [0.1, 0.15) is 22.3 Å². The molecule has 178 valence electrons. The topological polar surface area (TPSA) is 78.8 Å². The lowest BCUT2D eigenvalue weighted by Crippen LogP contribution is -2.40. The Morgan fingerprint density at radius 3 is 2.29 bits per heavy atom. The molecule has 0 atom stereocenters. The maximum Gasteiger partial charge on any atom is 0.417 e. The molecule has 1 amide bonds. The standard InChI is InChI=1S/C24H22F3N3O3S/c1-17-12-13-22(18(2)14-17)30(34(32,33)20-9-4-3-5-10-20)16-23(31)29-28-15-19-8-6-7-11-21(19)24(25,26)27/h3-15H,16H2,1-2H3,(H,29,31). The van der Waals surface area contributed by atoms with Crippen molar-refractivity contribution in [3.05, 3.63) is 95.1 Å². The molecule has 0 bridgehead atoms. The molecule has 0 heterocycles. The third-order valence-electron chi connectivity index (χ3n) is 4.90. The second-order valence-corrected chi connectivity index (χ2v) is 9.36. The maximum absolute atomic E-state index is 13.3. The summed E-state index contributed by atoms with van der Waals surface area (Å²) in [4.78, 5) is 12.6. The second kappa shape index (κ2) is 10.1. The van der Waals surface area contributed by atoms with Gasteiger partial charge in [-0.25, -0.2) is 13.8 Å². The summed E-state index contributed by atoms with van der Waals surface area (Å²) in [6.07, 6.45) is -3.72. The molecule has 0 aliphatic carbocycles. The first kappa shape index (κ1) is 25.0. The summed E-state index contributed by atoms with van der Waals surface area (Å²) in [5.41, 5.74) is 2.83. The van der Waals surface area contributed by atoms with Crippen molar-refractivity contribution in [2.75, 3.05) is 10.8 Å². The van der Waals surface area contributed by atoms with Crippen LogP contribution in [0.15, 0.2) is 82.8 Å². The van der Waals surface area contributed by atoms with Crippen molar-refractivity contribution >= 4 is 27.8 Å². The molecule has 3 aromatic rings. The Balaban J connectivity index is 1.88. The van der Waals surface area contributed by atoms with Crippen LogP contribution in [-0.2, 0) is 21.0 Å². The van der Waals surface area contributed by atoms with Gasteiger partial charge in [0, 0.05) is 5.56 Å². The normalized spacial score (nSPS) is 12.0. The number of nitrogens with zero attached hydrogens (tertiary/aromatic N) is 2. The van der Waals surface area contributed by atoms with E-state index in [1.54, 1.807) is 43.3 Å². The molecule has 1 N–H and O–H groups in total. The van der Waals surface area contributed by atoms with E-state index in [4.69, 9.17) is 0 Å². The van der Waals surface area contributed by atoms with Crippen molar-refractivity contribution in [1.82, 2.24) is 5.43 Å². The van der Waals surface area contributed by atoms with Crippen molar-refractivity contribution in [3.63, 3.8) is 0 Å². The summed E-state index contributed by atoms with van der Waals surface area (Å²) in [6, 6.07) is 17.5. The van der Waals surface area contributed by atoms with Gasteiger partial charge < -0.3 is 0 Å². The van der Waals surface area contributed by atoms with Gasteiger partial charge in [0.15, 0.2) is 0 Å². The van der Waals surface area contributed by atoms with Gasteiger partial charge in [0.05, 0.1) is 22.4 Å². The summed E-state index contributed by atoms with van der Waals surface area (Å²) in [5, 5.41) is 3.61. The van der Waals surface area contributed by atoms with E-state index in [1.807, 2.05) is 6.92 Å². The van der Waals surface area contributed by atoms with Crippen LogP contribution in [0.2, 0.25) is 0 Å². The fourth-order valence-electron chi connectivity index (χ4n) is 3.31. The van der Waals surface area contributed by atoms with E-state index < -0.39 is 34.2 Å². The minimum Gasteiger partial charge on any atom is -0.271 e. The number of aryl methyl sites for hydroxylation is 2. The van der Waals surface area contributed by atoms with Gasteiger partial charge in [-0.2, -0.15) is 18.3 Å². The number of hydrogen-bond acceptors (Lipinski definition) is 4. The van der Waals surface area contributed by atoms with E-state index in [2.05, 4.69) is 10.5 Å². The molecule has 6 nitrogen and oxygen atoms in total. The summed E-state index contributed by atoms with van der Waals surface area (Å²) < 4.78 is 67.0. The summed E-state index contributed by atoms with van der Waals surface area (Å²) in [5.74, 6) is -0.819. The zero-order valence-electron chi connectivity index (χ0n) is 18.4. The number of carbonyl (C=O) groups excluding carboxylic acids is 1. The number of amides is 1. The van der Waals surface area contributed by atoms with Crippen LogP contribution in [0.3, 0.4) is 0 Å². The molecule has 0 aliphatic rings. The third-order valence-corrected chi connectivity index (χ3v) is 6.67. The Hall–Kier alpha value is -3.66. The summed E-state index contributed by atoms with van der Waals surface area (Å²) in [7, 11) is -4.12. The lowest BCUT2D eigenvalue weighted by Gasteiger charge is -2.25. The zero-order chi connectivity index (χ0) is 24.9. The fraction of sp³-hybridized carbons (Fsp3) is 0.167. The first-order chi connectivity index (χ1) is 16.0. The van der Waals surface area contributed by atoms with E-state index in [0.29, 0.717) is 11.3 Å². The van der Waals surface area contributed by atoms with Crippen molar-refractivity contribution < 1.29 is 26.4 Å². The number of sulfonamides is 1. The molecule has 10 heteroatoms. The Morgan fingerprint density at radius 1 is 1.00 bits per heavy atom. The van der Waals surface area contributed by atoms with Gasteiger partial charge in [0.2, 0.25) is 0 Å². The van der Waals surface area contributed by atoms with Crippen LogP contribution in [0.25, 0.3) is 0 Å². The Bertz CT molecular complexity index is 1310. The van der Waals surface area contributed by atoms with Crippen molar-refractivity contribution in [2.24, 2.45) is 5.10 Å². The predicted molar refractivity (Wildman–Crippen MR) is 124 cm³/mol. The summed E-state index contributed by atoms with van der Waals surface area (Å²) >= 11 is 0. The van der Waals surface area contributed by atoms with E-state index in [-0.39, 0.29) is 10.5 Å². The molecule has 0 radical (unpaired) electrons. The van der Waals surface area contributed by atoms with Gasteiger partial charge in [-0.3, -0.25) is 9.10 Å². The number of benzene rings is 3. The van der Waals surface area contributed by atoms with Crippen LogP contribution >= 0.6 is 0 Å². The number of carbonyl (C=O) groups is 1. The number of rotatable bonds is 7. The molecule has 0 fully saturated rings. The zero-order valence-corrected chi connectivity index (χ0v) is 19.2. The average molecular weight is 490 g/mol. The first-order valence-corrected chi connectivity index (χ1v) is 11.6. The lowest BCUT2D eigenvalue weighted by molar-refractivity contribution is -0.137. The maximum atomic E-state index is 13.3. The monoisotopic (exact) mass is 489 g/mol. The van der Waals surface area contributed by atoms with E-state index in [0.717, 1.165) is 22.1 Å². The molecule has 0 saturated carbocycles. The van der Waals surface area contributed by atoms with E-state index >= 15 is 0 Å². The van der Waals surface area contributed by atoms with Gasteiger partial charge in [-0.15, -0.1) is 0 Å². The molecule has 0 aliphatic heterocycles. The number of anilines is 1. The van der Waals surface area contributed by atoms with Crippen molar-refractivity contribution in [3.8, 4) is 0 Å². The minimum absolute atomic E-state index is 0.00891. The van der Waals surface area contributed by atoms with Crippen LogP contribution in [0.4, 0.5) is 18.9 Å². The number of hydrazone groups is 1. The van der Waals surface area contributed by atoms with Crippen LogP contribution < -0.4 is 9.73 Å². The van der Waals surface area contributed by atoms with Crippen molar-refractivity contribution in [2.45, 2.75) is 24.9 Å². The number of halogens is 3. The van der Waals surface area contributed by atoms with Gasteiger partial charge in [-0.05, 0) is 43.7 Å². The predicted octanol–water partition coefficient (Wildman–Crippen LogP) is 4.67. The smallest absolute Gasteiger partial charge is 0.271 e. The highest BCUT2D eigenvalue weighted by atomic mass is 32.2. The quantitative estimate of drug-likeness (QED) is 0.387. The lowest BCUT2D eigenvalue weighted by atomic mass is 10.1. The SMILES string of the molecule is Cc1ccc(N(CC(=O)NN=Cc2ccccc2C(F)(F)F)S(=O)(=O)c2ccccc2)c(C)c1. The van der Waals surface area contributed by atoms with Gasteiger partial charge in [-0.1, -0.05) is 54.1 Å². The third kappa shape index (κ3) is 5.82. The van der Waals surface area contributed by atoms with Crippen molar-refractivity contribution in [1.29, 1.82) is 0 Å². The van der Waals surface area contributed by atoms with Crippen LogP contribution in [0.5, 0.6) is 0 Å². The van der Waals surface area contributed by atoms with Gasteiger partial charge in [0.25, 0.3) is 15.9 Å². The molecule has 0 spiro atoms. The molecule has 0 unspecified atom stereocenters. The minimum atomic E-state index is -4.59. The highest BCUT2D eigenvalue weighted by molar-refractivity contribution is 7.92. The first-order valence-electron chi connectivity index (χ1n) is 10.1. The molecule has 3 rings (SSSR count). The largest absolute Gasteiger partial charge is 0.417 e. The van der Waals surface area contributed by atoms with Crippen LogP contribution in [-0.4, -0.2) is 27.1 Å². The van der Waals surface area contributed by atoms with Gasteiger partial charge in [0.1, 0.15) is 6.54 Å². The molecular weight excluding hydrogens is 467 g/mol. The van der Waals surface area contributed by atoms with Crippen LogP contribution in [0, 0.1) is 13.8 Å². The molecule has 0 saturated heterocycles. The number of hydrogen-bond donors (Lipinski definition) is 1. The Labute approximate surface area is 195 Å². The summed E-state index contributed by atoms with van der Waals surface area (Å²) in [6.45, 7) is 2.95. The van der Waals surface area contributed by atoms with E-state index in [9.17, 15) is 26.4 Å². The molecular formula is C24H22F3N3O3S. The fourth-order valence-corrected chi connectivity index (χ4v) is 4.82. The Morgan fingerprint density at radius 2 is 1.65 bits per heavy atom. The Kier molecular flexibility index (Phi) is 7.41. The second-order valence-electron chi connectivity index (χ2n) is 7.49. The molecule has 34 heavy (non-hydrogen) atoms.